The number of nitrogens with zero attached hydrogens (tertiary/aromatic N) is 3. The summed E-state index contributed by atoms with van der Waals surface area (Å²) in [6, 6.07) is 21.9. The smallest absolute Gasteiger partial charge is 0.159 e. The predicted molar refractivity (Wildman–Crippen MR) is 98.1 cm³/mol. The van der Waals surface area contributed by atoms with Crippen LogP contribution in [-0.4, -0.2) is 17.7 Å². The molecule has 0 aliphatic rings. The molecule has 0 unspecified atom stereocenters. The minimum Gasteiger partial charge on any atom is -0.168 e. The molecule has 0 radical (unpaired) electrons. The molecular formula is C19H24BN3. The van der Waals surface area contributed by atoms with Gasteiger partial charge in [0.1, 0.15) is 12.1 Å². The van der Waals surface area contributed by atoms with Crippen molar-refractivity contribution in [2.45, 2.75) is 32.9 Å². The molecule has 0 saturated carbocycles. The highest BCUT2D eigenvalue weighted by molar-refractivity contribution is 6.33. The fourth-order valence-corrected chi connectivity index (χ4v) is 2.53. The van der Waals surface area contributed by atoms with Crippen molar-refractivity contribution in [1.29, 1.82) is 0 Å². The minimum absolute atomic E-state index is 0.00537. The highest BCUT2D eigenvalue weighted by atomic mass is 15.5. The maximum Gasteiger partial charge on any atom is 0.159 e. The van der Waals surface area contributed by atoms with E-state index in [2.05, 4.69) is 90.8 Å². The van der Waals surface area contributed by atoms with E-state index in [4.69, 9.17) is 5.21 Å². The van der Waals surface area contributed by atoms with E-state index in [9.17, 15) is 0 Å². The summed E-state index contributed by atoms with van der Waals surface area (Å²) < 4.78 is 4.44. The summed E-state index contributed by atoms with van der Waals surface area (Å²) in [5.74, 6) is 0. The highest BCUT2D eigenvalue weighted by Crippen LogP contribution is 2.19. The molecule has 0 bridgehead atoms. The normalized spacial score (nSPS) is 12.6. The average Bonchev–Trinajstić information content (AvgIpc) is 2.93. The lowest BCUT2D eigenvalue weighted by Crippen LogP contribution is -2.41. The lowest BCUT2D eigenvalue weighted by atomic mass is 9.95. The Morgan fingerprint density at radius 1 is 0.913 bits per heavy atom. The molecule has 1 atom stereocenters. The van der Waals surface area contributed by atoms with E-state index in [-0.39, 0.29) is 13.9 Å². The number of aromatic nitrogens is 3. The molecule has 3 nitrogen and oxygen atoms in total. The van der Waals surface area contributed by atoms with Crippen molar-refractivity contribution < 1.29 is 4.68 Å². The molecule has 118 valence electrons. The zero-order chi connectivity index (χ0) is 16.4. The fraction of sp³-hybridized carbons (Fsp3) is 0.263. The quantitative estimate of drug-likeness (QED) is 0.534. The molecule has 0 amide bonds. The van der Waals surface area contributed by atoms with E-state index in [1.54, 1.807) is 0 Å². The van der Waals surface area contributed by atoms with Crippen LogP contribution in [0.25, 0.3) is 11.3 Å². The van der Waals surface area contributed by atoms with Gasteiger partial charge in [-0.15, -0.1) is 4.68 Å². The van der Waals surface area contributed by atoms with Crippen molar-refractivity contribution >= 4 is 13.4 Å². The van der Waals surface area contributed by atoms with Gasteiger partial charge in [0.05, 0.1) is 5.21 Å². The number of rotatable bonds is 4. The summed E-state index contributed by atoms with van der Waals surface area (Å²) in [6.45, 7) is 6.65. The highest BCUT2D eigenvalue weighted by Gasteiger charge is 2.25. The van der Waals surface area contributed by atoms with Gasteiger partial charge in [-0.25, -0.2) is 0 Å². The summed E-state index contributed by atoms with van der Waals surface area (Å²) in [5.41, 5.74) is 5.34. The van der Waals surface area contributed by atoms with Crippen molar-refractivity contribution in [3.8, 4) is 11.3 Å². The van der Waals surface area contributed by atoms with Gasteiger partial charge in [-0.05, 0) is 31.9 Å². The lowest BCUT2D eigenvalue weighted by molar-refractivity contribution is -0.763. The molecule has 23 heavy (non-hydrogen) atoms. The van der Waals surface area contributed by atoms with Crippen LogP contribution in [-0.2, 0) is 0 Å². The van der Waals surface area contributed by atoms with E-state index in [1.807, 2.05) is 0 Å². The van der Waals surface area contributed by atoms with Crippen LogP contribution in [0, 0.1) is 0 Å². The molecule has 3 aromatic rings. The molecule has 0 aliphatic carbocycles. The third-order valence-electron chi connectivity index (χ3n) is 3.83. The Morgan fingerprint density at radius 2 is 1.48 bits per heavy atom. The number of hydrogen-bond acceptors (Lipinski definition) is 1. The Morgan fingerprint density at radius 3 is 2.04 bits per heavy atom. The summed E-state index contributed by atoms with van der Waals surface area (Å²) in [6.07, 6.45) is 0. The first-order valence-corrected chi connectivity index (χ1v) is 7.71. The zero-order valence-corrected chi connectivity index (χ0v) is 13.3. The van der Waals surface area contributed by atoms with Crippen molar-refractivity contribution in [3.63, 3.8) is 0 Å². The molecule has 0 fully saturated rings. The van der Waals surface area contributed by atoms with E-state index in [0.717, 1.165) is 0 Å². The molecule has 1 heterocycles. The predicted octanol–water partition coefficient (Wildman–Crippen LogP) is 2.02. The maximum absolute atomic E-state index is 4.96. The lowest BCUT2D eigenvalue weighted by Gasteiger charge is -2.10. The first-order chi connectivity index (χ1) is 11.1. The molecule has 1 aromatic heterocycles. The third-order valence-corrected chi connectivity index (χ3v) is 3.83. The zero-order valence-electron chi connectivity index (χ0n) is 13.3. The van der Waals surface area contributed by atoms with Crippen LogP contribution in [0.4, 0.5) is 0 Å². The van der Waals surface area contributed by atoms with Crippen molar-refractivity contribution in [2.75, 3.05) is 0 Å². The van der Waals surface area contributed by atoms with Crippen LogP contribution in [0.3, 0.4) is 0 Å². The largest absolute Gasteiger partial charge is 0.168 e. The van der Waals surface area contributed by atoms with Crippen LogP contribution in [0.1, 0.15) is 38.4 Å². The van der Waals surface area contributed by atoms with Gasteiger partial charge in [0.15, 0.2) is 5.69 Å². The van der Waals surface area contributed by atoms with Crippen LogP contribution in [0.15, 0.2) is 60.7 Å². The van der Waals surface area contributed by atoms with Gasteiger partial charge >= 0.3 is 0 Å². The SMILES string of the molecule is [BH3-]c1c(-c2ccccc2)[n+](C(C)C)nn1[C@@H](C)c1ccccc1. The second-order valence-corrected chi connectivity index (χ2v) is 5.79. The molecular weight excluding hydrogens is 281 g/mol. The van der Waals surface area contributed by atoms with E-state index >= 15 is 0 Å². The van der Waals surface area contributed by atoms with Gasteiger partial charge in [0.25, 0.3) is 0 Å². The van der Waals surface area contributed by atoms with Crippen molar-refractivity contribution in [3.05, 3.63) is 66.2 Å². The maximum atomic E-state index is 4.96. The monoisotopic (exact) mass is 305 g/mol. The Kier molecular flexibility index (Phi) is 4.33. The summed E-state index contributed by atoms with van der Waals surface area (Å²) in [4.78, 5) is 0. The standard InChI is InChI=1S/C19H24BN3/c1-14(2)22-18(17-12-8-5-9-13-17)19(20)23(21-22)15(3)16-10-6-4-7-11-16/h4-15H,1-3,20H3/t15-/m0/s1. The second kappa shape index (κ2) is 6.41. The minimum atomic E-state index is -0.00537. The Bertz CT molecular complexity index is 779. The summed E-state index contributed by atoms with van der Waals surface area (Å²) in [7, 11) is -0.00537. The number of benzene rings is 2. The van der Waals surface area contributed by atoms with Gasteiger partial charge in [-0.1, -0.05) is 60.7 Å². The molecule has 0 saturated heterocycles. The Balaban J connectivity index is 2.13. The topological polar surface area (TPSA) is 21.7 Å². The second-order valence-electron chi connectivity index (χ2n) is 5.79. The van der Waals surface area contributed by atoms with Crippen LogP contribution >= 0.6 is 0 Å². The summed E-state index contributed by atoms with van der Waals surface area (Å²) >= 11 is 0. The Labute approximate surface area is 139 Å². The summed E-state index contributed by atoms with van der Waals surface area (Å²) in [5, 5.41) is 4.96. The molecule has 0 aliphatic heterocycles. The van der Waals surface area contributed by atoms with Crippen LogP contribution in [0.2, 0.25) is 0 Å². The van der Waals surface area contributed by atoms with Crippen LogP contribution < -0.4 is 10.3 Å². The Hall–Kier alpha value is -2.36. The van der Waals surface area contributed by atoms with E-state index in [1.165, 1.54) is 22.4 Å². The molecule has 2 aromatic carbocycles. The van der Waals surface area contributed by atoms with Crippen molar-refractivity contribution in [2.24, 2.45) is 0 Å². The van der Waals surface area contributed by atoms with Gasteiger partial charge in [0.2, 0.25) is 0 Å². The van der Waals surface area contributed by atoms with E-state index < -0.39 is 0 Å². The van der Waals surface area contributed by atoms with Gasteiger partial charge in [-0.2, -0.15) is 4.68 Å². The van der Waals surface area contributed by atoms with Gasteiger partial charge < -0.3 is 0 Å². The first-order valence-electron chi connectivity index (χ1n) is 7.71. The van der Waals surface area contributed by atoms with Gasteiger partial charge in [0, 0.05) is 13.4 Å². The number of hydrogen-bond donors (Lipinski definition) is 0. The first kappa shape index (κ1) is 15.5. The van der Waals surface area contributed by atoms with Crippen molar-refractivity contribution in [1.82, 2.24) is 9.90 Å². The molecule has 4 heteroatoms. The third kappa shape index (κ3) is 2.94. The molecule has 3 rings (SSSR count). The average molecular weight is 305 g/mol. The van der Waals surface area contributed by atoms with Gasteiger partial charge in [-0.3, -0.25) is 0 Å². The van der Waals surface area contributed by atoms with E-state index in [0.29, 0.717) is 6.04 Å². The fourth-order valence-electron chi connectivity index (χ4n) is 2.53. The molecule has 0 N–H and O–H groups in total. The molecule has 0 spiro atoms. The van der Waals surface area contributed by atoms with Crippen LogP contribution in [0.5, 0.6) is 0 Å².